The summed E-state index contributed by atoms with van der Waals surface area (Å²) in [6, 6.07) is -1.43. The van der Waals surface area contributed by atoms with E-state index in [0.717, 1.165) is 0 Å². The molecule has 2 amide bonds. The quantitative estimate of drug-likeness (QED) is 0.613. The average molecular weight is 286 g/mol. The molecule has 1 aliphatic rings. The van der Waals surface area contributed by atoms with E-state index in [2.05, 4.69) is 5.32 Å². The van der Waals surface area contributed by atoms with Gasteiger partial charge in [0.2, 0.25) is 11.8 Å². The molecule has 1 aliphatic heterocycles. The fraction of sp³-hybridized carbons (Fsp3) is 0.667. The molecule has 0 aromatic carbocycles. The van der Waals surface area contributed by atoms with E-state index in [1.807, 2.05) is 0 Å². The Kier molecular flexibility index (Phi) is 5.48. The molecule has 0 bridgehead atoms. The number of hydrogen-bond donors (Lipinski definition) is 3. The van der Waals surface area contributed by atoms with E-state index >= 15 is 0 Å². The molecule has 3 N–H and O–H groups in total. The smallest absolute Gasteiger partial charge is 0.326 e. The molecule has 1 rings (SSSR count). The van der Waals surface area contributed by atoms with Crippen LogP contribution in [-0.2, 0) is 19.2 Å². The van der Waals surface area contributed by atoms with Gasteiger partial charge in [-0.1, -0.05) is 0 Å². The van der Waals surface area contributed by atoms with Crippen LogP contribution in [-0.4, -0.2) is 58.0 Å². The van der Waals surface area contributed by atoms with Gasteiger partial charge in [-0.25, -0.2) is 4.79 Å². The summed E-state index contributed by atoms with van der Waals surface area (Å²) >= 11 is 0. The van der Waals surface area contributed by atoms with Gasteiger partial charge in [-0.2, -0.15) is 0 Å². The fourth-order valence-corrected chi connectivity index (χ4v) is 2.12. The van der Waals surface area contributed by atoms with Crippen molar-refractivity contribution in [1.29, 1.82) is 0 Å². The highest BCUT2D eigenvalue weighted by Crippen LogP contribution is 2.17. The number of carbonyl (C=O) groups excluding carboxylic acids is 2. The summed E-state index contributed by atoms with van der Waals surface area (Å²) in [7, 11) is 0. The second-order valence-electron chi connectivity index (χ2n) is 4.78. The van der Waals surface area contributed by atoms with Crippen LogP contribution in [0.1, 0.15) is 26.2 Å². The number of hydrogen-bond acceptors (Lipinski definition) is 4. The molecule has 0 spiro atoms. The molecule has 20 heavy (non-hydrogen) atoms. The molecule has 0 saturated carbocycles. The van der Waals surface area contributed by atoms with Gasteiger partial charge in [0.05, 0.1) is 6.42 Å². The minimum Gasteiger partial charge on any atom is -0.481 e. The molecule has 112 valence electrons. The molecular formula is C12H18N2O6. The Labute approximate surface area is 115 Å². The van der Waals surface area contributed by atoms with Crippen LogP contribution in [0.5, 0.6) is 0 Å². The summed E-state index contributed by atoms with van der Waals surface area (Å²) in [6.07, 6.45) is 0.239. The summed E-state index contributed by atoms with van der Waals surface area (Å²) in [5, 5.41) is 19.7. The SMILES string of the molecule is CC(=O)N1CCC(C(=O)N[C@@H](CC(=O)O)C(=O)O)CC1. The third-order valence-electron chi connectivity index (χ3n) is 3.30. The molecule has 1 saturated heterocycles. The lowest BCUT2D eigenvalue weighted by atomic mass is 9.95. The maximum atomic E-state index is 11.9. The summed E-state index contributed by atoms with van der Waals surface area (Å²) in [4.78, 5) is 46.1. The van der Waals surface area contributed by atoms with Crippen LogP contribution in [0.15, 0.2) is 0 Å². The summed E-state index contributed by atoms with van der Waals surface area (Å²) < 4.78 is 0. The summed E-state index contributed by atoms with van der Waals surface area (Å²) in [6.45, 7) is 2.35. The van der Waals surface area contributed by atoms with Gasteiger partial charge < -0.3 is 20.4 Å². The fourth-order valence-electron chi connectivity index (χ4n) is 2.12. The molecule has 1 heterocycles. The first-order chi connectivity index (χ1) is 9.31. The molecule has 0 unspecified atom stereocenters. The number of rotatable bonds is 5. The number of carboxylic acids is 2. The molecule has 8 nitrogen and oxygen atoms in total. The van der Waals surface area contributed by atoms with Gasteiger partial charge in [-0.05, 0) is 12.8 Å². The van der Waals surface area contributed by atoms with Crippen molar-refractivity contribution in [3.8, 4) is 0 Å². The number of likely N-dealkylation sites (tertiary alicyclic amines) is 1. The Balaban J connectivity index is 2.52. The molecule has 0 aromatic rings. The van der Waals surface area contributed by atoms with Crippen molar-refractivity contribution in [1.82, 2.24) is 10.2 Å². The molecule has 8 heteroatoms. The minimum absolute atomic E-state index is 0.0573. The number of carbonyl (C=O) groups is 4. The van der Waals surface area contributed by atoms with E-state index < -0.39 is 30.3 Å². The van der Waals surface area contributed by atoms with Gasteiger partial charge in [0.25, 0.3) is 0 Å². The Morgan fingerprint density at radius 1 is 1.20 bits per heavy atom. The van der Waals surface area contributed by atoms with Crippen molar-refractivity contribution < 1.29 is 29.4 Å². The van der Waals surface area contributed by atoms with Gasteiger partial charge in [-0.3, -0.25) is 14.4 Å². The van der Waals surface area contributed by atoms with Crippen LogP contribution >= 0.6 is 0 Å². The Hall–Kier alpha value is -2.12. The number of nitrogens with zero attached hydrogens (tertiary/aromatic N) is 1. The first kappa shape index (κ1) is 15.9. The molecule has 0 aliphatic carbocycles. The lowest BCUT2D eigenvalue weighted by Gasteiger charge is -2.31. The predicted molar refractivity (Wildman–Crippen MR) is 66.8 cm³/mol. The van der Waals surface area contributed by atoms with Crippen LogP contribution in [0, 0.1) is 5.92 Å². The van der Waals surface area contributed by atoms with Gasteiger partial charge >= 0.3 is 11.9 Å². The molecule has 1 atom stereocenters. The minimum atomic E-state index is -1.43. The number of piperidine rings is 1. The third kappa shape index (κ3) is 4.52. The van der Waals surface area contributed by atoms with Crippen molar-refractivity contribution in [3.63, 3.8) is 0 Å². The number of aliphatic carboxylic acids is 2. The van der Waals surface area contributed by atoms with Gasteiger partial charge in [0, 0.05) is 25.9 Å². The monoisotopic (exact) mass is 286 g/mol. The maximum absolute atomic E-state index is 11.9. The van der Waals surface area contributed by atoms with Crippen molar-refractivity contribution in [2.75, 3.05) is 13.1 Å². The second-order valence-corrected chi connectivity index (χ2v) is 4.78. The Morgan fingerprint density at radius 2 is 1.75 bits per heavy atom. The van der Waals surface area contributed by atoms with E-state index in [4.69, 9.17) is 10.2 Å². The van der Waals surface area contributed by atoms with Gasteiger partial charge in [-0.15, -0.1) is 0 Å². The second kappa shape index (κ2) is 6.88. The number of carboxylic acid groups (broad SMARTS) is 2. The first-order valence-corrected chi connectivity index (χ1v) is 6.31. The van der Waals surface area contributed by atoms with E-state index in [-0.39, 0.29) is 11.8 Å². The standard InChI is InChI=1S/C12H18N2O6/c1-7(15)14-4-2-8(3-5-14)11(18)13-9(12(19)20)6-10(16)17/h8-9H,2-6H2,1H3,(H,13,18)(H,16,17)(H,19,20)/t9-/m0/s1. The van der Waals surface area contributed by atoms with Crippen molar-refractivity contribution >= 4 is 23.8 Å². The van der Waals surface area contributed by atoms with Crippen LogP contribution < -0.4 is 5.32 Å². The van der Waals surface area contributed by atoms with E-state index in [1.54, 1.807) is 4.90 Å². The highest BCUT2D eigenvalue weighted by atomic mass is 16.4. The zero-order valence-electron chi connectivity index (χ0n) is 11.2. The maximum Gasteiger partial charge on any atom is 0.326 e. The average Bonchev–Trinajstić information content (AvgIpc) is 2.37. The van der Waals surface area contributed by atoms with Gasteiger partial charge in [0.1, 0.15) is 6.04 Å². The third-order valence-corrected chi connectivity index (χ3v) is 3.30. The first-order valence-electron chi connectivity index (χ1n) is 6.31. The number of nitrogens with one attached hydrogen (secondary N) is 1. The van der Waals surface area contributed by atoms with E-state index in [1.165, 1.54) is 6.92 Å². The van der Waals surface area contributed by atoms with Crippen molar-refractivity contribution in [2.45, 2.75) is 32.2 Å². The largest absolute Gasteiger partial charge is 0.481 e. The zero-order chi connectivity index (χ0) is 15.3. The van der Waals surface area contributed by atoms with Crippen molar-refractivity contribution in [2.24, 2.45) is 5.92 Å². The molecule has 0 aromatic heterocycles. The van der Waals surface area contributed by atoms with Crippen molar-refractivity contribution in [3.05, 3.63) is 0 Å². The summed E-state index contributed by atoms with van der Waals surface area (Å²) in [5.74, 6) is -3.58. The number of amides is 2. The lowest BCUT2D eigenvalue weighted by Crippen LogP contribution is -2.47. The lowest BCUT2D eigenvalue weighted by molar-refractivity contribution is -0.148. The van der Waals surface area contributed by atoms with Crippen LogP contribution in [0.2, 0.25) is 0 Å². The van der Waals surface area contributed by atoms with Crippen LogP contribution in [0.25, 0.3) is 0 Å². The molecule has 0 radical (unpaired) electrons. The summed E-state index contributed by atoms with van der Waals surface area (Å²) in [5.41, 5.74) is 0. The van der Waals surface area contributed by atoms with E-state index in [0.29, 0.717) is 25.9 Å². The van der Waals surface area contributed by atoms with E-state index in [9.17, 15) is 19.2 Å². The molecule has 1 fully saturated rings. The van der Waals surface area contributed by atoms with Crippen LogP contribution in [0.3, 0.4) is 0 Å². The van der Waals surface area contributed by atoms with Crippen LogP contribution in [0.4, 0.5) is 0 Å². The Morgan fingerprint density at radius 3 is 2.15 bits per heavy atom. The van der Waals surface area contributed by atoms with Gasteiger partial charge in [0.15, 0.2) is 0 Å². The highest BCUT2D eigenvalue weighted by molar-refractivity contribution is 5.87. The predicted octanol–water partition coefficient (Wildman–Crippen LogP) is -0.711. The zero-order valence-corrected chi connectivity index (χ0v) is 11.2. The normalized spacial score (nSPS) is 17.4. The topological polar surface area (TPSA) is 124 Å². The highest BCUT2D eigenvalue weighted by Gasteiger charge is 2.30. The Bertz CT molecular complexity index is 414. The molecular weight excluding hydrogens is 268 g/mol.